The summed E-state index contributed by atoms with van der Waals surface area (Å²) in [4.78, 5) is 20.0. The molecule has 0 bridgehead atoms. The Labute approximate surface area is 111 Å². The van der Waals surface area contributed by atoms with E-state index in [-0.39, 0.29) is 5.91 Å². The second kappa shape index (κ2) is 6.16. The Balaban J connectivity index is 2.13. The van der Waals surface area contributed by atoms with Crippen molar-refractivity contribution in [2.24, 2.45) is 0 Å². The lowest BCUT2D eigenvalue weighted by Gasteiger charge is -2.03. The molecule has 1 aromatic carbocycles. The Morgan fingerprint density at radius 2 is 1.83 bits per heavy atom. The zero-order chi connectivity index (χ0) is 12.8. The van der Waals surface area contributed by atoms with Crippen LogP contribution in [0.3, 0.4) is 0 Å². The lowest BCUT2D eigenvalue weighted by molar-refractivity contribution is 0.0955. The third kappa shape index (κ3) is 3.07. The van der Waals surface area contributed by atoms with Crippen LogP contribution in [0.25, 0.3) is 11.4 Å². The zero-order valence-electron chi connectivity index (χ0n) is 9.71. The Bertz CT molecular complexity index is 514. The monoisotopic (exact) mass is 259 g/mol. The number of amides is 1. The number of benzene rings is 1. The van der Waals surface area contributed by atoms with Gasteiger partial charge in [-0.2, -0.15) is 12.6 Å². The van der Waals surface area contributed by atoms with Crippen molar-refractivity contribution in [1.29, 1.82) is 0 Å². The summed E-state index contributed by atoms with van der Waals surface area (Å²) >= 11 is 4.03. The van der Waals surface area contributed by atoms with Gasteiger partial charge in [0.15, 0.2) is 5.82 Å². The summed E-state index contributed by atoms with van der Waals surface area (Å²) in [5.74, 6) is 1.04. The summed E-state index contributed by atoms with van der Waals surface area (Å²) in [7, 11) is 0. The van der Waals surface area contributed by atoms with Gasteiger partial charge in [0.2, 0.25) is 0 Å². The fourth-order valence-corrected chi connectivity index (χ4v) is 1.56. The number of hydrogen-bond acceptors (Lipinski definition) is 4. The molecule has 18 heavy (non-hydrogen) atoms. The van der Waals surface area contributed by atoms with E-state index in [0.29, 0.717) is 23.7 Å². The van der Waals surface area contributed by atoms with Gasteiger partial charge in [-0.25, -0.2) is 9.97 Å². The summed E-state index contributed by atoms with van der Waals surface area (Å²) in [5, 5.41) is 2.71. The van der Waals surface area contributed by atoms with Gasteiger partial charge in [-0.3, -0.25) is 4.79 Å². The van der Waals surface area contributed by atoms with Crippen molar-refractivity contribution < 1.29 is 4.79 Å². The van der Waals surface area contributed by atoms with Crippen LogP contribution in [0.2, 0.25) is 0 Å². The maximum absolute atomic E-state index is 11.6. The standard InChI is InChI=1S/C13H13N3OS/c17-13(14-6-7-18)11-8-15-12(16-9-11)10-4-2-1-3-5-10/h1-5,8-9,18H,6-7H2,(H,14,17). The smallest absolute Gasteiger partial charge is 0.254 e. The second-order valence-corrected chi connectivity index (χ2v) is 4.09. The molecule has 4 nitrogen and oxygen atoms in total. The molecule has 0 spiro atoms. The van der Waals surface area contributed by atoms with Gasteiger partial charge in [-0.05, 0) is 0 Å². The molecule has 1 N–H and O–H groups in total. The third-order valence-electron chi connectivity index (χ3n) is 2.34. The van der Waals surface area contributed by atoms with Crippen molar-refractivity contribution in [3.8, 4) is 11.4 Å². The first-order chi connectivity index (χ1) is 8.81. The van der Waals surface area contributed by atoms with Crippen molar-refractivity contribution in [3.05, 3.63) is 48.3 Å². The first-order valence-electron chi connectivity index (χ1n) is 5.58. The van der Waals surface area contributed by atoms with E-state index in [1.165, 1.54) is 12.4 Å². The van der Waals surface area contributed by atoms with Crippen LogP contribution in [0.5, 0.6) is 0 Å². The number of rotatable bonds is 4. The van der Waals surface area contributed by atoms with Crippen molar-refractivity contribution in [2.45, 2.75) is 0 Å². The largest absolute Gasteiger partial charge is 0.351 e. The fraction of sp³-hybridized carbons (Fsp3) is 0.154. The van der Waals surface area contributed by atoms with Gasteiger partial charge >= 0.3 is 0 Å². The number of hydrogen-bond donors (Lipinski definition) is 2. The minimum Gasteiger partial charge on any atom is -0.351 e. The van der Waals surface area contributed by atoms with Gasteiger partial charge in [-0.1, -0.05) is 30.3 Å². The summed E-state index contributed by atoms with van der Waals surface area (Å²) in [6.45, 7) is 0.530. The first kappa shape index (κ1) is 12.6. The van der Waals surface area contributed by atoms with E-state index in [1.54, 1.807) is 0 Å². The highest BCUT2D eigenvalue weighted by molar-refractivity contribution is 7.80. The summed E-state index contributed by atoms with van der Waals surface area (Å²) in [6.07, 6.45) is 3.06. The minimum atomic E-state index is -0.177. The summed E-state index contributed by atoms with van der Waals surface area (Å²) in [5.41, 5.74) is 1.39. The highest BCUT2D eigenvalue weighted by atomic mass is 32.1. The van der Waals surface area contributed by atoms with Crippen molar-refractivity contribution >= 4 is 18.5 Å². The molecule has 2 rings (SSSR count). The van der Waals surface area contributed by atoms with Crippen LogP contribution >= 0.6 is 12.6 Å². The van der Waals surface area contributed by atoms with E-state index >= 15 is 0 Å². The third-order valence-corrected chi connectivity index (χ3v) is 2.57. The number of thiol groups is 1. The molecular formula is C13H13N3OS. The predicted molar refractivity (Wildman–Crippen MR) is 73.7 cm³/mol. The Morgan fingerprint density at radius 3 is 2.44 bits per heavy atom. The molecule has 0 unspecified atom stereocenters. The van der Waals surface area contributed by atoms with E-state index in [0.717, 1.165) is 5.56 Å². The molecule has 2 aromatic rings. The Kier molecular flexibility index (Phi) is 4.30. The topological polar surface area (TPSA) is 54.9 Å². The fourth-order valence-electron chi connectivity index (χ4n) is 1.45. The average molecular weight is 259 g/mol. The number of carbonyl (C=O) groups excluding carboxylic acids is 1. The number of nitrogens with one attached hydrogen (secondary N) is 1. The van der Waals surface area contributed by atoms with Crippen molar-refractivity contribution in [3.63, 3.8) is 0 Å². The maximum atomic E-state index is 11.6. The van der Waals surface area contributed by atoms with Gasteiger partial charge in [0.05, 0.1) is 5.56 Å². The molecule has 1 aromatic heterocycles. The molecule has 0 aliphatic heterocycles. The van der Waals surface area contributed by atoms with Crippen LogP contribution in [0, 0.1) is 0 Å². The highest BCUT2D eigenvalue weighted by Crippen LogP contribution is 2.12. The van der Waals surface area contributed by atoms with Gasteiger partial charge < -0.3 is 5.32 Å². The molecule has 0 saturated heterocycles. The quantitative estimate of drug-likeness (QED) is 0.823. The van der Waals surface area contributed by atoms with E-state index < -0.39 is 0 Å². The van der Waals surface area contributed by atoms with E-state index in [2.05, 4.69) is 27.9 Å². The molecule has 1 heterocycles. The minimum absolute atomic E-state index is 0.177. The molecule has 5 heteroatoms. The number of nitrogens with zero attached hydrogens (tertiary/aromatic N) is 2. The number of carbonyl (C=O) groups is 1. The van der Waals surface area contributed by atoms with Gasteiger partial charge in [-0.15, -0.1) is 0 Å². The van der Waals surface area contributed by atoms with E-state index in [9.17, 15) is 4.79 Å². The van der Waals surface area contributed by atoms with Crippen LogP contribution in [-0.2, 0) is 0 Å². The molecule has 0 atom stereocenters. The summed E-state index contributed by atoms with van der Waals surface area (Å²) < 4.78 is 0. The van der Waals surface area contributed by atoms with Gasteiger partial charge in [0.25, 0.3) is 5.91 Å². The Hall–Kier alpha value is -1.88. The normalized spacial score (nSPS) is 10.1. The highest BCUT2D eigenvalue weighted by Gasteiger charge is 2.06. The molecule has 1 amide bonds. The molecule has 92 valence electrons. The SMILES string of the molecule is O=C(NCCS)c1cnc(-c2ccccc2)nc1. The Morgan fingerprint density at radius 1 is 1.17 bits per heavy atom. The van der Waals surface area contributed by atoms with E-state index in [1.807, 2.05) is 30.3 Å². The average Bonchev–Trinajstić information content (AvgIpc) is 2.46. The van der Waals surface area contributed by atoms with Crippen LogP contribution < -0.4 is 5.32 Å². The molecule has 0 aliphatic carbocycles. The van der Waals surface area contributed by atoms with Crippen LogP contribution in [0.1, 0.15) is 10.4 Å². The number of aromatic nitrogens is 2. The maximum Gasteiger partial charge on any atom is 0.254 e. The molecule has 0 aliphatic rings. The zero-order valence-corrected chi connectivity index (χ0v) is 10.6. The van der Waals surface area contributed by atoms with Gasteiger partial charge in [0.1, 0.15) is 0 Å². The molecule has 0 fully saturated rings. The predicted octanol–water partition coefficient (Wildman–Crippen LogP) is 1.80. The first-order valence-corrected chi connectivity index (χ1v) is 6.21. The van der Waals surface area contributed by atoms with Crippen LogP contribution in [0.4, 0.5) is 0 Å². The molecule has 0 saturated carbocycles. The van der Waals surface area contributed by atoms with Crippen molar-refractivity contribution in [2.75, 3.05) is 12.3 Å². The lowest BCUT2D eigenvalue weighted by Crippen LogP contribution is -2.25. The van der Waals surface area contributed by atoms with Crippen LogP contribution in [-0.4, -0.2) is 28.2 Å². The molecular weight excluding hydrogens is 246 g/mol. The molecule has 0 radical (unpaired) electrons. The van der Waals surface area contributed by atoms with Crippen molar-refractivity contribution in [1.82, 2.24) is 15.3 Å². The lowest BCUT2D eigenvalue weighted by atomic mass is 10.2. The van der Waals surface area contributed by atoms with E-state index in [4.69, 9.17) is 0 Å². The second-order valence-electron chi connectivity index (χ2n) is 3.64. The van der Waals surface area contributed by atoms with Crippen LogP contribution in [0.15, 0.2) is 42.7 Å². The summed E-state index contributed by atoms with van der Waals surface area (Å²) in [6, 6.07) is 9.63. The van der Waals surface area contributed by atoms with Gasteiger partial charge in [0, 0.05) is 30.3 Å².